The van der Waals surface area contributed by atoms with Gasteiger partial charge >= 0.3 is 0 Å². The minimum atomic E-state index is -2.48. The summed E-state index contributed by atoms with van der Waals surface area (Å²) in [4.78, 5) is 0. The first-order valence-corrected chi connectivity index (χ1v) is 4.99. The summed E-state index contributed by atoms with van der Waals surface area (Å²) in [5.41, 5.74) is 0.825. The minimum absolute atomic E-state index is 0.393. The highest BCUT2D eigenvalue weighted by Crippen LogP contribution is 2.29. The lowest BCUT2D eigenvalue weighted by Crippen LogP contribution is -2.07. The molecule has 0 saturated heterocycles. The summed E-state index contributed by atoms with van der Waals surface area (Å²) in [6.07, 6.45) is -0.867. The van der Waals surface area contributed by atoms with Crippen molar-refractivity contribution in [1.82, 2.24) is 10.2 Å². The van der Waals surface area contributed by atoms with E-state index in [2.05, 4.69) is 26.1 Å². The van der Waals surface area contributed by atoms with E-state index in [1.165, 1.54) is 0 Å². The molecular weight excluding hydrogens is 270 g/mol. The van der Waals surface area contributed by atoms with E-state index in [1.807, 2.05) is 0 Å². The van der Waals surface area contributed by atoms with E-state index < -0.39 is 13.0 Å². The van der Waals surface area contributed by atoms with E-state index in [0.29, 0.717) is 10.2 Å². The Morgan fingerprint density at radius 2 is 2.27 bits per heavy atom. The number of benzene rings is 1. The SMILES string of the molecule is FC(F)COc1cc2cn[nH]c2cc1Br. The van der Waals surface area contributed by atoms with Crippen molar-refractivity contribution in [2.24, 2.45) is 0 Å². The highest BCUT2D eigenvalue weighted by molar-refractivity contribution is 9.10. The molecule has 0 saturated carbocycles. The number of fused-ring (bicyclic) bond motifs is 1. The number of alkyl halides is 2. The van der Waals surface area contributed by atoms with Gasteiger partial charge < -0.3 is 4.74 Å². The molecule has 0 spiro atoms. The first-order chi connectivity index (χ1) is 7.16. The van der Waals surface area contributed by atoms with Gasteiger partial charge in [0, 0.05) is 5.39 Å². The molecule has 0 aliphatic carbocycles. The normalized spacial score (nSPS) is 11.2. The number of ether oxygens (including phenoxy) is 1. The smallest absolute Gasteiger partial charge is 0.272 e. The summed E-state index contributed by atoms with van der Waals surface area (Å²) in [5.74, 6) is 0.393. The van der Waals surface area contributed by atoms with Crippen molar-refractivity contribution in [3.8, 4) is 5.75 Å². The van der Waals surface area contributed by atoms with Gasteiger partial charge in [0.1, 0.15) is 12.4 Å². The molecule has 1 aromatic carbocycles. The van der Waals surface area contributed by atoms with Gasteiger partial charge in [-0.15, -0.1) is 0 Å². The zero-order valence-corrected chi connectivity index (χ0v) is 9.09. The van der Waals surface area contributed by atoms with Crippen LogP contribution in [-0.2, 0) is 0 Å². The quantitative estimate of drug-likeness (QED) is 0.936. The first kappa shape index (κ1) is 10.4. The maximum absolute atomic E-state index is 11.9. The number of H-pyrrole nitrogens is 1. The van der Waals surface area contributed by atoms with Crippen molar-refractivity contribution in [3.63, 3.8) is 0 Å². The van der Waals surface area contributed by atoms with Gasteiger partial charge in [0.15, 0.2) is 0 Å². The summed E-state index contributed by atoms with van der Waals surface area (Å²) in [5, 5.41) is 7.42. The van der Waals surface area contributed by atoms with Crippen LogP contribution in [0.1, 0.15) is 0 Å². The molecule has 15 heavy (non-hydrogen) atoms. The third-order valence-electron chi connectivity index (χ3n) is 1.86. The van der Waals surface area contributed by atoms with Gasteiger partial charge in [0.05, 0.1) is 16.2 Å². The molecule has 1 aromatic heterocycles. The molecule has 0 aliphatic heterocycles. The minimum Gasteiger partial charge on any atom is -0.486 e. The summed E-state index contributed by atoms with van der Waals surface area (Å²) >= 11 is 3.23. The molecule has 1 N–H and O–H groups in total. The Morgan fingerprint density at radius 1 is 1.47 bits per heavy atom. The zero-order valence-electron chi connectivity index (χ0n) is 7.51. The van der Waals surface area contributed by atoms with Crippen LogP contribution >= 0.6 is 15.9 Å². The summed E-state index contributed by atoms with van der Waals surface area (Å²) in [6, 6.07) is 3.40. The predicted molar refractivity (Wildman–Crippen MR) is 55.3 cm³/mol. The Bertz CT molecular complexity index is 472. The molecule has 0 fully saturated rings. The van der Waals surface area contributed by atoms with Crippen LogP contribution < -0.4 is 4.74 Å². The topological polar surface area (TPSA) is 37.9 Å². The number of hydrogen-bond donors (Lipinski definition) is 1. The average Bonchev–Trinajstić information content (AvgIpc) is 2.60. The van der Waals surface area contributed by atoms with Gasteiger partial charge in [0.25, 0.3) is 6.43 Å². The fourth-order valence-corrected chi connectivity index (χ4v) is 1.67. The molecule has 3 nitrogen and oxygen atoms in total. The maximum atomic E-state index is 11.9. The summed E-state index contributed by atoms with van der Waals surface area (Å²) < 4.78 is 29.5. The van der Waals surface area contributed by atoms with Crippen molar-refractivity contribution in [1.29, 1.82) is 0 Å². The van der Waals surface area contributed by atoms with Gasteiger partial charge in [-0.1, -0.05) is 0 Å². The van der Waals surface area contributed by atoms with Crippen LogP contribution in [-0.4, -0.2) is 23.2 Å². The monoisotopic (exact) mass is 276 g/mol. The average molecular weight is 277 g/mol. The lowest BCUT2D eigenvalue weighted by Gasteiger charge is -2.07. The van der Waals surface area contributed by atoms with E-state index in [1.54, 1.807) is 18.3 Å². The number of rotatable bonds is 3. The fourth-order valence-electron chi connectivity index (χ4n) is 1.21. The van der Waals surface area contributed by atoms with Crippen LogP contribution in [0.3, 0.4) is 0 Å². The molecular formula is C9H7BrF2N2O. The van der Waals surface area contributed by atoms with Crippen molar-refractivity contribution >= 4 is 26.8 Å². The van der Waals surface area contributed by atoms with E-state index in [-0.39, 0.29) is 0 Å². The van der Waals surface area contributed by atoms with Crippen LogP contribution in [0.2, 0.25) is 0 Å². The van der Waals surface area contributed by atoms with E-state index >= 15 is 0 Å². The molecule has 1 heterocycles. The van der Waals surface area contributed by atoms with E-state index in [4.69, 9.17) is 4.74 Å². The Balaban J connectivity index is 2.29. The molecule has 2 aromatic rings. The Morgan fingerprint density at radius 3 is 3.00 bits per heavy atom. The maximum Gasteiger partial charge on any atom is 0.272 e. The zero-order chi connectivity index (χ0) is 10.8. The van der Waals surface area contributed by atoms with E-state index in [9.17, 15) is 8.78 Å². The van der Waals surface area contributed by atoms with Crippen LogP contribution in [0, 0.1) is 0 Å². The number of hydrogen-bond acceptors (Lipinski definition) is 2. The number of nitrogens with zero attached hydrogens (tertiary/aromatic N) is 1. The standard InChI is InChI=1S/C9H7BrF2N2O/c10-6-2-7-5(3-13-14-7)1-8(6)15-4-9(11)12/h1-3,9H,4H2,(H,13,14). The van der Waals surface area contributed by atoms with Gasteiger partial charge in [-0.2, -0.15) is 5.10 Å². The molecule has 2 rings (SSSR count). The second-order valence-electron chi connectivity index (χ2n) is 2.94. The molecule has 0 unspecified atom stereocenters. The number of nitrogens with one attached hydrogen (secondary N) is 1. The van der Waals surface area contributed by atoms with Gasteiger partial charge in [-0.05, 0) is 28.1 Å². The van der Waals surface area contributed by atoms with Gasteiger partial charge in [-0.3, -0.25) is 5.10 Å². The van der Waals surface area contributed by atoms with Gasteiger partial charge in [-0.25, -0.2) is 8.78 Å². The Hall–Kier alpha value is -1.17. The highest BCUT2D eigenvalue weighted by Gasteiger charge is 2.08. The van der Waals surface area contributed by atoms with Crippen molar-refractivity contribution in [3.05, 3.63) is 22.8 Å². The van der Waals surface area contributed by atoms with Crippen molar-refractivity contribution in [2.45, 2.75) is 6.43 Å². The molecule has 0 atom stereocenters. The Kier molecular flexibility index (Phi) is 2.86. The number of aromatic amines is 1. The highest BCUT2D eigenvalue weighted by atomic mass is 79.9. The van der Waals surface area contributed by atoms with Crippen LogP contribution in [0.25, 0.3) is 10.9 Å². The second kappa shape index (κ2) is 4.14. The fraction of sp³-hybridized carbons (Fsp3) is 0.222. The third kappa shape index (κ3) is 2.26. The lowest BCUT2D eigenvalue weighted by atomic mass is 10.2. The lowest BCUT2D eigenvalue weighted by molar-refractivity contribution is 0.0816. The molecule has 0 amide bonds. The van der Waals surface area contributed by atoms with Crippen molar-refractivity contribution < 1.29 is 13.5 Å². The predicted octanol–water partition coefficient (Wildman–Crippen LogP) is 2.97. The summed E-state index contributed by atoms with van der Waals surface area (Å²) in [7, 11) is 0. The summed E-state index contributed by atoms with van der Waals surface area (Å²) in [6.45, 7) is -0.609. The first-order valence-electron chi connectivity index (χ1n) is 4.20. The molecule has 6 heteroatoms. The van der Waals surface area contributed by atoms with Gasteiger partial charge in [0.2, 0.25) is 0 Å². The van der Waals surface area contributed by atoms with Crippen LogP contribution in [0.15, 0.2) is 22.8 Å². The molecule has 0 bridgehead atoms. The van der Waals surface area contributed by atoms with Crippen molar-refractivity contribution in [2.75, 3.05) is 6.61 Å². The molecule has 0 radical (unpaired) electrons. The number of halogens is 3. The largest absolute Gasteiger partial charge is 0.486 e. The van der Waals surface area contributed by atoms with Crippen LogP contribution in [0.4, 0.5) is 8.78 Å². The Labute approximate surface area is 92.6 Å². The third-order valence-corrected chi connectivity index (χ3v) is 2.48. The van der Waals surface area contributed by atoms with Crippen LogP contribution in [0.5, 0.6) is 5.75 Å². The second-order valence-corrected chi connectivity index (χ2v) is 3.80. The van der Waals surface area contributed by atoms with E-state index in [0.717, 1.165) is 10.9 Å². The number of aromatic nitrogens is 2. The molecule has 80 valence electrons. The molecule has 0 aliphatic rings.